The van der Waals surface area contributed by atoms with Crippen LogP contribution >= 0.6 is 0 Å². The van der Waals surface area contributed by atoms with Crippen LogP contribution in [0.4, 0.5) is 0 Å². The molecule has 2 rings (SSSR count). The molecule has 1 atom stereocenters. The summed E-state index contributed by atoms with van der Waals surface area (Å²) in [6.45, 7) is 4.53. The van der Waals surface area contributed by atoms with Crippen LogP contribution in [0.5, 0.6) is 0 Å². The number of methoxy groups -OCH3 is 1. The molecular formula is C15H23N5O. The first-order valence-electron chi connectivity index (χ1n) is 7.18. The molecule has 0 fully saturated rings. The van der Waals surface area contributed by atoms with E-state index in [0.29, 0.717) is 12.5 Å². The molecule has 21 heavy (non-hydrogen) atoms. The standard InChI is InChI=1S/C15H23N5O/c1-12-5-4-6-13(9-12)14(11-16-7-8-21-3)10-15-17-19-20(2)18-15/h4-6,9,14,16H,7-8,10-11H2,1-3H3. The molecule has 1 aromatic heterocycles. The fourth-order valence-electron chi connectivity index (χ4n) is 2.31. The number of tetrazole rings is 1. The first kappa shape index (κ1) is 15.6. The summed E-state index contributed by atoms with van der Waals surface area (Å²) in [5, 5.41) is 15.7. The second-order valence-corrected chi connectivity index (χ2v) is 5.21. The number of ether oxygens (including phenoxy) is 1. The van der Waals surface area contributed by atoms with Crippen LogP contribution in [0, 0.1) is 6.92 Å². The van der Waals surface area contributed by atoms with Gasteiger partial charge in [-0.2, -0.15) is 4.80 Å². The Morgan fingerprint density at radius 1 is 1.38 bits per heavy atom. The molecule has 0 saturated heterocycles. The van der Waals surface area contributed by atoms with Crippen LogP contribution in [0.25, 0.3) is 0 Å². The Morgan fingerprint density at radius 2 is 2.24 bits per heavy atom. The lowest BCUT2D eigenvalue weighted by molar-refractivity contribution is 0.199. The van der Waals surface area contributed by atoms with Gasteiger partial charge in [-0.1, -0.05) is 29.8 Å². The molecule has 114 valence electrons. The quantitative estimate of drug-likeness (QED) is 0.737. The number of hydrogen-bond acceptors (Lipinski definition) is 5. The summed E-state index contributed by atoms with van der Waals surface area (Å²) in [6.07, 6.45) is 0.775. The lowest BCUT2D eigenvalue weighted by Gasteiger charge is -2.17. The third-order valence-electron chi connectivity index (χ3n) is 3.37. The molecule has 1 aromatic carbocycles. The summed E-state index contributed by atoms with van der Waals surface area (Å²) in [5.41, 5.74) is 2.56. The van der Waals surface area contributed by atoms with E-state index in [2.05, 4.69) is 51.9 Å². The highest BCUT2D eigenvalue weighted by atomic mass is 16.5. The van der Waals surface area contributed by atoms with Crippen LogP contribution in [-0.4, -0.2) is 47.0 Å². The van der Waals surface area contributed by atoms with Crippen molar-refractivity contribution in [3.8, 4) is 0 Å². The number of hydrogen-bond donors (Lipinski definition) is 1. The van der Waals surface area contributed by atoms with Gasteiger partial charge in [0.05, 0.1) is 13.7 Å². The summed E-state index contributed by atoms with van der Waals surface area (Å²) in [5.74, 6) is 1.10. The molecule has 1 unspecified atom stereocenters. The van der Waals surface area contributed by atoms with Gasteiger partial charge in [-0.3, -0.25) is 0 Å². The van der Waals surface area contributed by atoms with Crippen LogP contribution in [0.2, 0.25) is 0 Å². The van der Waals surface area contributed by atoms with E-state index in [4.69, 9.17) is 4.74 Å². The van der Waals surface area contributed by atoms with Crippen molar-refractivity contribution in [3.05, 3.63) is 41.2 Å². The van der Waals surface area contributed by atoms with Crippen molar-refractivity contribution in [1.82, 2.24) is 25.5 Å². The number of aromatic nitrogens is 4. The molecule has 2 aromatic rings. The summed E-state index contributed by atoms with van der Waals surface area (Å²) in [7, 11) is 3.50. The molecule has 0 aliphatic heterocycles. The van der Waals surface area contributed by atoms with Crippen molar-refractivity contribution in [2.45, 2.75) is 19.3 Å². The molecule has 0 bridgehead atoms. The van der Waals surface area contributed by atoms with E-state index < -0.39 is 0 Å². The Bertz CT molecular complexity index is 555. The Labute approximate surface area is 125 Å². The van der Waals surface area contributed by atoms with Crippen molar-refractivity contribution in [1.29, 1.82) is 0 Å². The van der Waals surface area contributed by atoms with E-state index in [0.717, 1.165) is 25.3 Å². The lowest BCUT2D eigenvalue weighted by atomic mass is 9.94. The van der Waals surface area contributed by atoms with Gasteiger partial charge in [0.25, 0.3) is 0 Å². The van der Waals surface area contributed by atoms with E-state index in [1.807, 2.05) is 0 Å². The second-order valence-electron chi connectivity index (χ2n) is 5.21. The first-order chi connectivity index (χ1) is 10.2. The zero-order valence-electron chi connectivity index (χ0n) is 12.9. The maximum Gasteiger partial charge on any atom is 0.175 e. The van der Waals surface area contributed by atoms with Gasteiger partial charge in [0.1, 0.15) is 0 Å². The minimum absolute atomic E-state index is 0.325. The molecule has 0 aliphatic rings. The van der Waals surface area contributed by atoms with Gasteiger partial charge in [-0.25, -0.2) is 0 Å². The van der Waals surface area contributed by atoms with Gasteiger partial charge >= 0.3 is 0 Å². The first-order valence-corrected chi connectivity index (χ1v) is 7.18. The minimum Gasteiger partial charge on any atom is -0.383 e. The molecule has 0 saturated carbocycles. The van der Waals surface area contributed by atoms with Crippen molar-refractivity contribution in [2.75, 3.05) is 26.8 Å². The largest absolute Gasteiger partial charge is 0.383 e. The number of rotatable bonds is 8. The van der Waals surface area contributed by atoms with E-state index in [-0.39, 0.29) is 0 Å². The number of nitrogens with zero attached hydrogens (tertiary/aromatic N) is 4. The van der Waals surface area contributed by atoms with E-state index in [1.165, 1.54) is 15.9 Å². The second kappa shape index (κ2) is 7.85. The van der Waals surface area contributed by atoms with Gasteiger partial charge < -0.3 is 10.1 Å². The fourth-order valence-corrected chi connectivity index (χ4v) is 2.31. The predicted molar refractivity (Wildman–Crippen MR) is 81.2 cm³/mol. The number of benzene rings is 1. The van der Waals surface area contributed by atoms with Crippen LogP contribution in [0.15, 0.2) is 24.3 Å². The average molecular weight is 289 g/mol. The molecule has 1 N–H and O–H groups in total. The van der Waals surface area contributed by atoms with Crippen LogP contribution in [-0.2, 0) is 18.2 Å². The van der Waals surface area contributed by atoms with E-state index in [9.17, 15) is 0 Å². The smallest absolute Gasteiger partial charge is 0.175 e. The minimum atomic E-state index is 0.325. The highest BCUT2D eigenvalue weighted by molar-refractivity contribution is 5.26. The van der Waals surface area contributed by atoms with Gasteiger partial charge in [-0.15, -0.1) is 10.2 Å². The fraction of sp³-hybridized carbons (Fsp3) is 0.533. The summed E-state index contributed by atoms with van der Waals surface area (Å²) < 4.78 is 5.07. The van der Waals surface area contributed by atoms with Crippen molar-refractivity contribution in [2.24, 2.45) is 7.05 Å². The Morgan fingerprint density at radius 3 is 2.90 bits per heavy atom. The average Bonchev–Trinajstić information content (AvgIpc) is 2.87. The third-order valence-corrected chi connectivity index (χ3v) is 3.37. The number of nitrogens with one attached hydrogen (secondary N) is 1. The third kappa shape index (κ3) is 4.91. The monoisotopic (exact) mass is 289 g/mol. The Kier molecular flexibility index (Phi) is 5.83. The van der Waals surface area contributed by atoms with Gasteiger partial charge in [0.15, 0.2) is 5.82 Å². The molecule has 0 spiro atoms. The van der Waals surface area contributed by atoms with E-state index in [1.54, 1.807) is 14.2 Å². The maximum atomic E-state index is 5.07. The van der Waals surface area contributed by atoms with E-state index >= 15 is 0 Å². The van der Waals surface area contributed by atoms with Crippen LogP contribution in [0.1, 0.15) is 22.9 Å². The van der Waals surface area contributed by atoms with Crippen molar-refractivity contribution in [3.63, 3.8) is 0 Å². The SMILES string of the molecule is COCCNCC(Cc1nnn(C)n1)c1cccc(C)c1. The van der Waals surface area contributed by atoms with Gasteiger partial charge in [0.2, 0.25) is 0 Å². The molecule has 6 nitrogen and oxygen atoms in total. The normalized spacial score (nSPS) is 12.5. The highest BCUT2D eigenvalue weighted by Gasteiger charge is 2.15. The molecule has 0 radical (unpaired) electrons. The van der Waals surface area contributed by atoms with Crippen LogP contribution in [0.3, 0.4) is 0 Å². The number of aryl methyl sites for hydroxylation is 2. The molecule has 0 amide bonds. The molecule has 1 heterocycles. The predicted octanol–water partition coefficient (Wildman–Crippen LogP) is 1.08. The topological polar surface area (TPSA) is 64.9 Å². The Balaban J connectivity index is 2.06. The van der Waals surface area contributed by atoms with Gasteiger partial charge in [-0.05, 0) is 17.7 Å². The summed E-state index contributed by atoms with van der Waals surface area (Å²) >= 11 is 0. The van der Waals surface area contributed by atoms with Crippen LogP contribution < -0.4 is 5.32 Å². The Hall–Kier alpha value is -1.79. The van der Waals surface area contributed by atoms with Gasteiger partial charge in [0, 0.05) is 32.5 Å². The molecule has 6 heteroatoms. The maximum absolute atomic E-state index is 5.07. The molecular weight excluding hydrogens is 266 g/mol. The van der Waals surface area contributed by atoms with Crippen molar-refractivity contribution < 1.29 is 4.74 Å². The molecule has 0 aliphatic carbocycles. The van der Waals surface area contributed by atoms with Crippen molar-refractivity contribution >= 4 is 0 Å². The summed E-state index contributed by atoms with van der Waals surface area (Å²) in [4.78, 5) is 1.50. The zero-order valence-corrected chi connectivity index (χ0v) is 12.9. The summed E-state index contributed by atoms with van der Waals surface area (Å²) in [6, 6.07) is 8.58. The highest BCUT2D eigenvalue weighted by Crippen LogP contribution is 2.19. The lowest BCUT2D eigenvalue weighted by Crippen LogP contribution is -2.26. The zero-order chi connectivity index (χ0) is 15.1.